The highest BCUT2D eigenvalue weighted by Gasteiger charge is 2.64. The van der Waals surface area contributed by atoms with E-state index in [1.165, 1.54) is 11.8 Å². The molecule has 0 fully saturated rings. The Bertz CT molecular complexity index is 470. The Labute approximate surface area is 135 Å². The van der Waals surface area contributed by atoms with Gasteiger partial charge in [-0.05, 0) is 41.0 Å². The van der Waals surface area contributed by atoms with E-state index in [2.05, 4.69) is 10.3 Å². The second-order valence-corrected chi connectivity index (χ2v) is 5.81. The summed E-state index contributed by atoms with van der Waals surface area (Å²) < 4.78 is 16.1. The Morgan fingerprint density at radius 2 is 1.91 bits per heavy atom. The summed E-state index contributed by atoms with van der Waals surface area (Å²) in [5.41, 5.74) is -2.60. The molecule has 1 aliphatic heterocycles. The van der Waals surface area contributed by atoms with Crippen LogP contribution in [-0.2, 0) is 23.8 Å². The molecule has 0 saturated heterocycles. The van der Waals surface area contributed by atoms with Gasteiger partial charge in [-0.1, -0.05) is 11.8 Å². The molecule has 8 heteroatoms. The minimum absolute atomic E-state index is 0.220. The predicted molar refractivity (Wildman–Crippen MR) is 85.0 cm³/mol. The number of carbonyl (C=O) groups excluding carboxylic acids is 2. The smallest absolute Gasteiger partial charge is 0.338 e. The van der Waals surface area contributed by atoms with E-state index in [0.29, 0.717) is 5.23 Å². The minimum Gasteiger partial charge on any atom is -0.465 e. The number of carbonyl (C=O) groups is 2. The van der Waals surface area contributed by atoms with E-state index < -0.39 is 29.1 Å². The van der Waals surface area contributed by atoms with Gasteiger partial charge < -0.3 is 19.5 Å². The van der Waals surface area contributed by atoms with E-state index in [1.54, 1.807) is 41.0 Å². The maximum atomic E-state index is 12.4. The minimum atomic E-state index is -1.35. The zero-order valence-corrected chi connectivity index (χ0v) is 14.7. The molecule has 7 nitrogen and oxygen atoms in total. The Morgan fingerprint density at radius 1 is 1.32 bits per heavy atom. The second kappa shape index (κ2) is 7.32. The van der Waals surface area contributed by atoms with Gasteiger partial charge in [0.2, 0.25) is 10.8 Å². The molecule has 0 aromatic heterocycles. The van der Waals surface area contributed by atoms with Gasteiger partial charge in [-0.3, -0.25) is 4.79 Å². The zero-order valence-electron chi connectivity index (χ0n) is 13.9. The van der Waals surface area contributed by atoms with Crippen molar-refractivity contribution in [2.75, 3.05) is 26.5 Å². The Hall–Kier alpha value is -1.28. The Morgan fingerprint density at radius 3 is 2.36 bits per heavy atom. The van der Waals surface area contributed by atoms with Crippen molar-refractivity contribution in [3.05, 3.63) is 0 Å². The third-order valence-corrected chi connectivity index (χ3v) is 4.31. The normalized spacial score (nSPS) is 28.5. The fourth-order valence-electron chi connectivity index (χ4n) is 2.39. The lowest BCUT2D eigenvalue weighted by molar-refractivity contribution is -0.163. The fraction of sp³-hybridized carbons (Fsp3) is 0.786. The molecule has 1 rings (SSSR count). The van der Waals surface area contributed by atoms with Crippen LogP contribution in [0.1, 0.15) is 27.7 Å². The fourth-order valence-corrected chi connectivity index (χ4v) is 2.92. The monoisotopic (exact) mass is 332 g/mol. The van der Waals surface area contributed by atoms with Crippen molar-refractivity contribution in [2.24, 2.45) is 4.99 Å². The number of likely N-dealkylation sites (N-methyl/N-ethyl adjacent to an activating group) is 1. The first kappa shape index (κ1) is 18.8. The van der Waals surface area contributed by atoms with Crippen molar-refractivity contribution in [1.82, 2.24) is 5.32 Å². The maximum Gasteiger partial charge on any atom is 0.338 e. The molecule has 3 atom stereocenters. The molecule has 0 bridgehead atoms. The predicted octanol–water partition coefficient (Wildman–Crippen LogP) is 0.967. The van der Waals surface area contributed by atoms with Crippen LogP contribution in [0, 0.1) is 0 Å². The average Bonchev–Trinajstić information content (AvgIpc) is 2.73. The Kier molecular flexibility index (Phi) is 6.25. The van der Waals surface area contributed by atoms with Gasteiger partial charge in [-0.2, -0.15) is 0 Å². The van der Waals surface area contributed by atoms with Gasteiger partial charge in [0.15, 0.2) is 5.60 Å². The summed E-state index contributed by atoms with van der Waals surface area (Å²) >= 11 is 1.27. The van der Waals surface area contributed by atoms with Crippen molar-refractivity contribution in [3.63, 3.8) is 0 Å². The third-order valence-electron chi connectivity index (χ3n) is 3.79. The first-order valence-corrected chi connectivity index (χ1v) is 8.37. The molecular weight excluding hydrogens is 308 g/mol. The molecule has 22 heavy (non-hydrogen) atoms. The van der Waals surface area contributed by atoms with Gasteiger partial charge in [0.05, 0.1) is 13.2 Å². The van der Waals surface area contributed by atoms with Gasteiger partial charge >= 0.3 is 11.9 Å². The SMILES string of the molecule is CCOC(=O)[C@@H](NC)[C@]1(C)OC(SC)=N[C@@]1(C)C(=O)OCC. The highest BCUT2D eigenvalue weighted by molar-refractivity contribution is 8.13. The topological polar surface area (TPSA) is 86.2 Å². The molecule has 1 heterocycles. The largest absolute Gasteiger partial charge is 0.465 e. The standard InChI is InChI=1S/C14H24N2O5S/c1-7-19-10(17)9(15-5)14(4)13(3,11(18)20-8-2)16-12(21-14)22-6/h9,15H,7-8H2,1-6H3/t9-,13+,14+/m1/s1. The van der Waals surface area contributed by atoms with Crippen molar-refractivity contribution in [1.29, 1.82) is 0 Å². The van der Waals surface area contributed by atoms with Crippen LogP contribution in [-0.4, -0.2) is 60.9 Å². The molecular formula is C14H24N2O5S. The van der Waals surface area contributed by atoms with E-state index in [1.807, 2.05) is 0 Å². The molecule has 0 aliphatic carbocycles. The number of hydrogen-bond acceptors (Lipinski definition) is 8. The summed E-state index contributed by atoms with van der Waals surface area (Å²) in [4.78, 5) is 29.1. The van der Waals surface area contributed by atoms with Crippen molar-refractivity contribution in [3.8, 4) is 0 Å². The van der Waals surface area contributed by atoms with E-state index in [9.17, 15) is 9.59 Å². The summed E-state index contributed by atoms with van der Waals surface area (Å²) in [6, 6.07) is -0.866. The van der Waals surface area contributed by atoms with Crippen LogP contribution in [0.5, 0.6) is 0 Å². The van der Waals surface area contributed by atoms with Gasteiger partial charge in [-0.25, -0.2) is 9.79 Å². The van der Waals surface area contributed by atoms with Crippen LogP contribution in [0.2, 0.25) is 0 Å². The highest BCUT2D eigenvalue weighted by atomic mass is 32.2. The lowest BCUT2D eigenvalue weighted by atomic mass is 9.77. The summed E-state index contributed by atoms with van der Waals surface area (Å²) in [5.74, 6) is -1.04. The van der Waals surface area contributed by atoms with Gasteiger partial charge in [-0.15, -0.1) is 0 Å². The molecule has 0 aromatic rings. The molecule has 1 aliphatic rings. The van der Waals surface area contributed by atoms with Crippen LogP contribution >= 0.6 is 11.8 Å². The zero-order chi connectivity index (χ0) is 17.0. The highest BCUT2D eigenvalue weighted by Crippen LogP contribution is 2.41. The Balaban J connectivity index is 3.27. The van der Waals surface area contributed by atoms with E-state index >= 15 is 0 Å². The summed E-state index contributed by atoms with van der Waals surface area (Å²) in [6.45, 7) is 7.16. The molecule has 0 aromatic carbocycles. The van der Waals surface area contributed by atoms with E-state index in [-0.39, 0.29) is 13.2 Å². The first-order valence-electron chi connectivity index (χ1n) is 7.14. The lowest BCUT2D eigenvalue weighted by Crippen LogP contribution is -2.66. The van der Waals surface area contributed by atoms with Crippen LogP contribution in [0.3, 0.4) is 0 Å². The quantitative estimate of drug-likeness (QED) is 0.725. The number of ether oxygens (including phenoxy) is 3. The first-order chi connectivity index (χ1) is 10.3. The van der Waals surface area contributed by atoms with Crippen molar-refractivity contribution < 1.29 is 23.8 Å². The van der Waals surface area contributed by atoms with Crippen molar-refractivity contribution >= 4 is 28.9 Å². The number of nitrogens with zero attached hydrogens (tertiary/aromatic N) is 1. The number of thioether (sulfide) groups is 1. The van der Waals surface area contributed by atoms with Gasteiger partial charge in [0.25, 0.3) is 0 Å². The van der Waals surface area contributed by atoms with Crippen LogP contribution < -0.4 is 5.32 Å². The second-order valence-electron chi connectivity index (χ2n) is 5.06. The van der Waals surface area contributed by atoms with Crippen LogP contribution in [0.15, 0.2) is 4.99 Å². The van der Waals surface area contributed by atoms with Crippen LogP contribution in [0.4, 0.5) is 0 Å². The summed E-state index contributed by atoms with van der Waals surface area (Å²) in [5, 5.41) is 3.21. The molecule has 0 amide bonds. The molecule has 1 N–H and O–H groups in total. The van der Waals surface area contributed by atoms with Gasteiger partial charge in [0, 0.05) is 0 Å². The number of nitrogens with one attached hydrogen (secondary N) is 1. The molecule has 0 radical (unpaired) electrons. The van der Waals surface area contributed by atoms with Crippen LogP contribution in [0.25, 0.3) is 0 Å². The van der Waals surface area contributed by atoms with E-state index in [4.69, 9.17) is 14.2 Å². The molecule has 0 spiro atoms. The molecule has 126 valence electrons. The number of esters is 2. The molecule has 0 saturated carbocycles. The number of hydrogen-bond donors (Lipinski definition) is 1. The summed E-state index contributed by atoms with van der Waals surface area (Å²) in [7, 11) is 1.61. The number of rotatable bonds is 6. The van der Waals surface area contributed by atoms with Gasteiger partial charge in [0.1, 0.15) is 6.04 Å². The molecule has 0 unspecified atom stereocenters. The lowest BCUT2D eigenvalue weighted by Gasteiger charge is -2.39. The van der Waals surface area contributed by atoms with E-state index in [0.717, 1.165) is 0 Å². The average molecular weight is 332 g/mol. The summed E-state index contributed by atoms with van der Waals surface area (Å²) in [6.07, 6.45) is 1.79. The van der Waals surface area contributed by atoms with Crippen molar-refractivity contribution in [2.45, 2.75) is 44.9 Å². The maximum absolute atomic E-state index is 12.4. The number of aliphatic imine (C=N–C) groups is 1. The third kappa shape index (κ3) is 3.08.